The Labute approximate surface area is 116 Å². The van der Waals surface area contributed by atoms with Crippen LogP contribution in [0.2, 0.25) is 5.02 Å². The molecule has 0 aromatic heterocycles. The van der Waals surface area contributed by atoms with Crippen LogP contribution in [0.25, 0.3) is 0 Å². The van der Waals surface area contributed by atoms with Crippen LogP contribution in [0.15, 0.2) is 35.5 Å². The van der Waals surface area contributed by atoms with E-state index in [0.717, 1.165) is 5.56 Å². The third-order valence-corrected chi connectivity index (χ3v) is 3.50. The van der Waals surface area contributed by atoms with Crippen LogP contribution in [0.1, 0.15) is 24.8 Å². The van der Waals surface area contributed by atoms with Crippen LogP contribution in [0.3, 0.4) is 0 Å². The number of hydrogen-bond acceptors (Lipinski definition) is 3. The molecule has 1 aromatic carbocycles. The quantitative estimate of drug-likeness (QED) is 0.846. The molecule has 1 aromatic rings. The van der Waals surface area contributed by atoms with Crippen LogP contribution in [0.4, 0.5) is 0 Å². The number of ether oxygens (including phenoxy) is 1. The van der Waals surface area contributed by atoms with E-state index in [4.69, 9.17) is 16.3 Å². The van der Waals surface area contributed by atoms with E-state index < -0.39 is 5.97 Å². The minimum Gasteiger partial charge on any atom is -0.466 e. The Morgan fingerprint density at radius 2 is 2.11 bits per heavy atom. The molecule has 100 valence electrons. The fraction of sp³-hybridized carbons (Fsp3) is 0.286. The van der Waals surface area contributed by atoms with Gasteiger partial charge in [-0.3, -0.25) is 4.79 Å². The fourth-order valence-corrected chi connectivity index (χ4v) is 2.57. The van der Waals surface area contributed by atoms with Gasteiger partial charge in [-0.15, -0.1) is 0 Å². The summed E-state index contributed by atoms with van der Waals surface area (Å²) in [5.74, 6) is -0.938. The molecule has 1 N–H and O–H groups in total. The number of benzene rings is 1. The van der Waals surface area contributed by atoms with Gasteiger partial charge in [0, 0.05) is 23.1 Å². The standard InChI is InChI=1S/C14H14ClNO3/c1-8-13(14(18)19-2)10(7-12(17)16-8)9-5-3-4-6-11(9)15/h3-6,10H,7H2,1-2H3,(H,16,17)/t10-/m1/s1. The molecule has 5 heteroatoms. The molecular weight excluding hydrogens is 266 g/mol. The number of allylic oxidation sites excluding steroid dienone is 1. The molecule has 2 rings (SSSR count). The molecule has 1 aliphatic heterocycles. The van der Waals surface area contributed by atoms with Crippen LogP contribution in [-0.2, 0) is 14.3 Å². The number of amides is 1. The average Bonchev–Trinajstić information content (AvgIpc) is 2.37. The minimum atomic E-state index is -0.442. The van der Waals surface area contributed by atoms with E-state index in [1.807, 2.05) is 18.2 Å². The van der Waals surface area contributed by atoms with Gasteiger partial charge in [-0.2, -0.15) is 0 Å². The number of nitrogens with one attached hydrogen (secondary N) is 1. The molecule has 4 nitrogen and oxygen atoms in total. The highest BCUT2D eigenvalue weighted by atomic mass is 35.5. The number of rotatable bonds is 2. The van der Waals surface area contributed by atoms with Crippen molar-refractivity contribution in [2.45, 2.75) is 19.3 Å². The Kier molecular flexibility index (Phi) is 3.90. The van der Waals surface area contributed by atoms with E-state index in [2.05, 4.69) is 5.32 Å². The van der Waals surface area contributed by atoms with Crippen LogP contribution in [-0.4, -0.2) is 19.0 Å². The number of esters is 1. The third-order valence-electron chi connectivity index (χ3n) is 3.15. The first-order valence-corrected chi connectivity index (χ1v) is 6.25. The summed E-state index contributed by atoms with van der Waals surface area (Å²) in [5.41, 5.74) is 1.74. The average molecular weight is 280 g/mol. The van der Waals surface area contributed by atoms with Gasteiger partial charge in [0.05, 0.1) is 12.7 Å². The first-order chi connectivity index (χ1) is 9.04. The zero-order chi connectivity index (χ0) is 14.0. The van der Waals surface area contributed by atoms with Crippen LogP contribution >= 0.6 is 11.6 Å². The van der Waals surface area contributed by atoms with Gasteiger partial charge < -0.3 is 10.1 Å². The van der Waals surface area contributed by atoms with E-state index in [1.165, 1.54) is 7.11 Å². The van der Waals surface area contributed by atoms with Crippen molar-refractivity contribution in [1.29, 1.82) is 0 Å². The predicted octanol–water partition coefficient (Wildman–Crippen LogP) is 2.39. The maximum absolute atomic E-state index is 11.9. The number of carbonyl (C=O) groups is 2. The van der Waals surface area contributed by atoms with Gasteiger partial charge in [0.25, 0.3) is 0 Å². The van der Waals surface area contributed by atoms with Crippen molar-refractivity contribution in [2.75, 3.05) is 7.11 Å². The highest BCUT2D eigenvalue weighted by molar-refractivity contribution is 6.31. The molecular formula is C14H14ClNO3. The van der Waals surface area contributed by atoms with Gasteiger partial charge in [0.2, 0.25) is 5.91 Å². The summed E-state index contributed by atoms with van der Waals surface area (Å²) in [5, 5.41) is 3.20. The normalized spacial score (nSPS) is 19.1. The zero-order valence-corrected chi connectivity index (χ0v) is 11.5. The van der Waals surface area contributed by atoms with Crippen molar-refractivity contribution in [1.82, 2.24) is 5.32 Å². The van der Waals surface area contributed by atoms with Gasteiger partial charge in [-0.05, 0) is 18.6 Å². The second-order valence-corrected chi connectivity index (χ2v) is 4.76. The van der Waals surface area contributed by atoms with Crippen molar-refractivity contribution in [3.63, 3.8) is 0 Å². The molecule has 1 atom stereocenters. The van der Waals surface area contributed by atoms with Gasteiger partial charge in [-0.1, -0.05) is 29.8 Å². The molecule has 19 heavy (non-hydrogen) atoms. The van der Waals surface area contributed by atoms with E-state index in [1.54, 1.807) is 13.0 Å². The molecule has 0 saturated heterocycles. The van der Waals surface area contributed by atoms with Crippen LogP contribution in [0, 0.1) is 0 Å². The largest absolute Gasteiger partial charge is 0.466 e. The lowest BCUT2D eigenvalue weighted by molar-refractivity contribution is -0.136. The minimum absolute atomic E-state index is 0.130. The molecule has 0 aliphatic carbocycles. The van der Waals surface area contributed by atoms with Gasteiger partial charge >= 0.3 is 5.97 Å². The van der Waals surface area contributed by atoms with Crippen molar-refractivity contribution in [2.24, 2.45) is 0 Å². The molecule has 0 spiro atoms. The highest BCUT2D eigenvalue weighted by Crippen LogP contribution is 2.36. The summed E-state index contributed by atoms with van der Waals surface area (Å²) in [7, 11) is 1.32. The van der Waals surface area contributed by atoms with E-state index in [0.29, 0.717) is 16.3 Å². The smallest absolute Gasteiger partial charge is 0.336 e. The van der Waals surface area contributed by atoms with Crippen molar-refractivity contribution >= 4 is 23.5 Å². The van der Waals surface area contributed by atoms with Gasteiger partial charge in [-0.25, -0.2) is 4.79 Å². The monoisotopic (exact) mass is 279 g/mol. The maximum atomic E-state index is 11.9. The lowest BCUT2D eigenvalue weighted by Gasteiger charge is -2.26. The van der Waals surface area contributed by atoms with Crippen LogP contribution < -0.4 is 5.32 Å². The summed E-state index contributed by atoms with van der Waals surface area (Å²) in [6.45, 7) is 1.69. The molecule has 0 bridgehead atoms. The number of carbonyl (C=O) groups excluding carboxylic acids is 2. The van der Waals surface area contributed by atoms with Crippen LogP contribution in [0.5, 0.6) is 0 Å². The molecule has 1 amide bonds. The number of methoxy groups -OCH3 is 1. The van der Waals surface area contributed by atoms with E-state index in [-0.39, 0.29) is 18.2 Å². The lowest BCUT2D eigenvalue weighted by Crippen LogP contribution is -2.34. The Bertz CT molecular complexity index is 566. The molecule has 0 saturated carbocycles. The Hall–Kier alpha value is -1.81. The maximum Gasteiger partial charge on any atom is 0.336 e. The zero-order valence-electron chi connectivity index (χ0n) is 10.7. The Morgan fingerprint density at radius 3 is 2.74 bits per heavy atom. The number of halogens is 1. The Balaban J connectivity index is 2.53. The van der Waals surface area contributed by atoms with Gasteiger partial charge in [0.15, 0.2) is 0 Å². The fourth-order valence-electron chi connectivity index (χ4n) is 2.30. The summed E-state index contributed by atoms with van der Waals surface area (Å²) in [6.07, 6.45) is 0.186. The molecule has 1 aliphatic rings. The lowest BCUT2D eigenvalue weighted by atomic mass is 9.84. The second kappa shape index (κ2) is 5.45. The topological polar surface area (TPSA) is 55.4 Å². The molecule has 0 radical (unpaired) electrons. The third kappa shape index (κ3) is 2.63. The predicted molar refractivity (Wildman–Crippen MR) is 71.7 cm³/mol. The molecule has 0 fully saturated rings. The van der Waals surface area contributed by atoms with E-state index in [9.17, 15) is 9.59 Å². The van der Waals surface area contributed by atoms with E-state index >= 15 is 0 Å². The highest BCUT2D eigenvalue weighted by Gasteiger charge is 2.33. The SMILES string of the molecule is COC(=O)C1=C(C)NC(=O)C[C@@H]1c1ccccc1Cl. The first-order valence-electron chi connectivity index (χ1n) is 5.88. The van der Waals surface area contributed by atoms with Crippen molar-refractivity contribution in [3.8, 4) is 0 Å². The summed E-state index contributed by atoms with van der Waals surface area (Å²) in [4.78, 5) is 23.6. The first kappa shape index (κ1) is 13.6. The van der Waals surface area contributed by atoms with Crippen molar-refractivity contribution < 1.29 is 14.3 Å². The van der Waals surface area contributed by atoms with Gasteiger partial charge in [0.1, 0.15) is 0 Å². The molecule has 0 unspecified atom stereocenters. The summed E-state index contributed by atoms with van der Waals surface area (Å²) < 4.78 is 4.80. The summed E-state index contributed by atoms with van der Waals surface area (Å²) in [6, 6.07) is 7.20. The van der Waals surface area contributed by atoms with Crippen molar-refractivity contribution in [3.05, 3.63) is 46.1 Å². The number of hydrogen-bond donors (Lipinski definition) is 1. The molecule has 1 heterocycles. The summed E-state index contributed by atoms with van der Waals surface area (Å²) >= 11 is 6.16. The Morgan fingerprint density at radius 1 is 1.42 bits per heavy atom. The second-order valence-electron chi connectivity index (χ2n) is 4.36.